The zero-order valence-electron chi connectivity index (χ0n) is 13.1. The molecule has 1 aromatic carbocycles. The van der Waals surface area contributed by atoms with Crippen molar-refractivity contribution in [2.45, 2.75) is 58.9 Å². The monoisotopic (exact) mass is 277 g/mol. The molecule has 1 atom stereocenters. The lowest BCUT2D eigenvalue weighted by Gasteiger charge is -2.34. The van der Waals surface area contributed by atoms with Crippen LogP contribution in [0.15, 0.2) is 18.2 Å². The quantitative estimate of drug-likeness (QED) is 0.798. The van der Waals surface area contributed by atoms with Gasteiger partial charge >= 0.3 is 0 Å². The molecular weight excluding hydrogens is 249 g/mol. The summed E-state index contributed by atoms with van der Waals surface area (Å²) in [5.74, 6) is 1.44. The molecule has 2 rings (SSSR count). The normalized spacial score (nSPS) is 24.6. The summed E-state index contributed by atoms with van der Waals surface area (Å²) in [6.07, 6.45) is 6.38. The van der Waals surface area contributed by atoms with Crippen LogP contribution in [0.5, 0.6) is 0 Å². The van der Waals surface area contributed by atoms with Crippen LogP contribution in [0.4, 0.5) is 4.39 Å². The van der Waals surface area contributed by atoms with Gasteiger partial charge in [0.2, 0.25) is 0 Å². The van der Waals surface area contributed by atoms with Gasteiger partial charge in [0.25, 0.3) is 0 Å². The highest BCUT2D eigenvalue weighted by molar-refractivity contribution is 5.30. The molecule has 1 unspecified atom stereocenters. The Labute approximate surface area is 123 Å². The van der Waals surface area contributed by atoms with Gasteiger partial charge in [0.05, 0.1) is 0 Å². The predicted molar refractivity (Wildman–Crippen MR) is 83.3 cm³/mol. The fourth-order valence-corrected chi connectivity index (χ4v) is 3.44. The van der Waals surface area contributed by atoms with Crippen LogP contribution < -0.4 is 5.32 Å². The summed E-state index contributed by atoms with van der Waals surface area (Å²) in [4.78, 5) is 0. The van der Waals surface area contributed by atoms with Gasteiger partial charge in [0, 0.05) is 6.04 Å². The molecule has 0 aromatic heterocycles. The SMILES string of the molecule is CCCNC(c1ccc(F)cc1C)C1CCC(C)CC1. The van der Waals surface area contributed by atoms with Gasteiger partial charge in [-0.1, -0.05) is 32.8 Å². The van der Waals surface area contributed by atoms with Crippen LogP contribution in [0.2, 0.25) is 0 Å². The van der Waals surface area contributed by atoms with E-state index in [-0.39, 0.29) is 5.82 Å². The van der Waals surface area contributed by atoms with Crippen LogP contribution >= 0.6 is 0 Å². The first-order valence-corrected chi connectivity index (χ1v) is 8.11. The summed E-state index contributed by atoms with van der Waals surface area (Å²) in [7, 11) is 0. The molecular formula is C18H28FN. The number of benzene rings is 1. The van der Waals surface area contributed by atoms with Gasteiger partial charge in [0.15, 0.2) is 0 Å². The Balaban J connectivity index is 2.17. The third-order valence-electron chi connectivity index (χ3n) is 4.71. The van der Waals surface area contributed by atoms with Crippen LogP contribution in [0.25, 0.3) is 0 Å². The van der Waals surface area contributed by atoms with E-state index in [9.17, 15) is 4.39 Å². The topological polar surface area (TPSA) is 12.0 Å². The number of hydrogen-bond acceptors (Lipinski definition) is 1. The average molecular weight is 277 g/mol. The number of halogens is 1. The minimum atomic E-state index is -0.127. The standard InChI is InChI=1S/C18H28FN/c1-4-11-20-18(15-7-5-13(2)6-8-15)17-10-9-16(19)12-14(17)3/h9-10,12-13,15,18,20H,4-8,11H2,1-3H3. The Bertz CT molecular complexity index is 421. The Morgan fingerprint density at radius 1 is 1.25 bits per heavy atom. The molecule has 112 valence electrons. The lowest BCUT2D eigenvalue weighted by Crippen LogP contribution is -2.32. The molecule has 0 heterocycles. The predicted octanol–water partition coefficient (Wildman–Crippen LogP) is 5.00. The molecule has 1 N–H and O–H groups in total. The smallest absolute Gasteiger partial charge is 0.123 e. The van der Waals surface area contributed by atoms with Gasteiger partial charge in [-0.3, -0.25) is 0 Å². The maximum Gasteiger partial charge on any atom is 0.123 e. The van der Waals surface area contributed by atoms with Crippen LogP contribution in [0, 0.1) is 24.6 Å². The molecule has 1 saturated carbocycles. The zero-order valence-corrected chi connectivity index (χ0v) is 13.1. The van der Waals surface area contributed by atoms with Gasteiger partial charge in [-0.25, -0.2) is 4.39 Å². The highest BCUT2D eigenvalue weighted by Gasteiger charge is 2.27. The molecule has 0 spiro atoms. The largest absolute Gasteiger partial charge is 0.310 e. The van der Waals surface area contributed by atoms with Crippen molar-refractivity contribution in [1.82, 2.24) is 5.32 Å². The van der Waals surface area contributed by atoms with E-state index in [0.29, 0.717) is 12.0 Å². The molecule has 1 nitrogen and oxygen atoms in total. The maximum atomic E-state index is 13.3. The third-order valence-corrected chi connectivity index (χ3v) is 4.71. The van der Waals surface area contributed by atoms with Crippen molar-refractivity contribution in [1.29, 1.82) is 0 Å². The van der Waals surface area contributed by atoms with Crippen molar-refractivity contribution < 1.29 is 4.39 Å². The first-order chi connectivity index (χ1) is 9.61. The van der Waals surface area contributed by atoms with Crippen molar-refractivity contribution in [3.8, 4) is 0 Å². The lowest BCUT2D eigenvalue weighted by atomic mass is 9.76. The van der Waals surface area contributed by atoms with Gasteiger partial charge < -0.3 is 5.32 Å². The van der Waals surface area contributed by atoms with Crippen molar-refractivity contribution in [3.63, 3.8) is 0 Å². The highest BCUT2D eigenvalue weighted by Crippen LogP contribution is 2.37. The van der Waals surface area contributed by atoms with Crippen molar-refractivity contribution in [3.05, 3.63) is 35.1 Å². The Hall–Kier alpha value is -0.890. The van der Waals surface area contributed by atoms with E-state index in [1.54, 1.807) is 12.1 Å². The second-order valence-electron chi connectivity index (χ2n) is 6.45. The summed E-state index contributed by atoms with van der Waals surface area (Å²) in [5, 5.41) is 3.71. The lowest BCUT2D eigenvalue weighted by molar-refractivity contribution is 0.231. The summed E-state index contributed by atoms with van der Waals surface area (Å²) in [6.45, 7) is 7.62. The average Bonchev–Trinajstić information content (AvgIpc) is 2.42. The van der Waals surface area contributed by atoms with Crippen molar-refractivity contribution in [2.75, 3.05) is 6.54 Å². The number of aryl methyl sites for hydroxylation is 1. The third kappa shape index (κ3) is 3.82. The van der Waals surface area contributed by atoms with Crippen molar-refractivity contribution in [2.24, 2.45) is 11.8 Å². The molecule has 1 fully saturated rings. The molecule has 20 heavy (non-hydrogen) atoms. The molecule has 0 amide bonds. The molecule has 0 bridgehead atoms. The van der Waals surface area contributed by atoms with Gasteiger partial charge in [-0.2, -0.15) is 0 Å². The first-order valence-electron chi connectivity index (χ1n) is 8.11. The van der Waals surface area contributed by atoms with Crippen LogP contribution in [0.3, 0.4) is 0 Å². The summed E-state index contributed by atoms with van der Waals surface area (Å²) in [5.41, 5.74) is 2.37. The molecule has 0 radical (unpaired) electrons. The van der Waals surface area contributed by atoms with E-state index in [2.05, 4.69) is 19.2 Å². The summed E-state index contributed by atoms with van der Waals surface area (Å²) in [6, 6.07) is 5.65. The van der Waals surface area contributed by atoms with Gasteiger partial charge in [-0.05, 0) is 67.8 Å². The van der Waals surface area contributed by atoms with Crippen LogP contribution in [-0.4, -0.2) is 6.54 Å². The number of hydrogen-bond donors (Lipinski definition) is 1. The molecule has 1 aliphatic rings. The van der Waals surface area contributed by atoms with E-state index in [1.165, 1.54) is 31.2 Å². The van der Waals surface area contributed by atoms with E-state index >= 15 is 0 Å². The second kappa shape index (κ2) is 7.21. The fourth-order valence-electron chi connectivity index (χ4n) is 3.44. The minimum absolute atomic E-state index is 0.127. The molecule has 1 aliphatic carbocycles. The van der Waals surface area contributed by atoms with Gasteiger partial charge in [0.1, 0.15) is 5.82 Å². The number of nitrogens with one attached hydrogen (secondary N) is 1. The fraction of sp³-hybridized carbons (Fsp3) is 0.667. The van der Waals surface area contributed by atoms with E-state index in [4.69, 9.17) is 0 Å². The number of rotatable bonds is 5. The summed E-state index contributed by atoms with van der Waals surface area (Å²) < 4.78 is 13.3. The first kappa shape index (κ1) is 15.5. The summed E-state index contributed by atoms with van der Waals surface area (Å²) >= 11 is 0. The minimum Gasteiger partial charge on any atom is -0.310 e. The van der Waals surface area contributed by atoms with E-state index in [0.717, 1.165) is 24.4 Å². The van der Waals surface area contributed by atoms with Crippen LogP contribution in [0.1, 0.15) is 63.1 Å². The van der Waals surface area contributed by atoms with E-state index in [1.807, 2.05) is 13.0 Å². The van der Waals surface area contributed by atoms with Crippen molar-refractivity contribution >= 4 is 0 Å². The Morgan fingerprint density at radius 2 is 1.95 bits per heavy atom. The molecule has 2 heteroatoms. The molecule has 0 aliphatic heterocycles. The highest BCUT2D eigenvalue weighted by atomic mass is 19.1. The molecule has 1 aromatic rings. The zero-order chi connectivity index (χ0) is 14.5. The maximum absolute atomic E-state index is 13.3. The van der Waals surface area contributed by atoms with Gasteiger partial charge in [-0.15, -0.1) is 0 Å². The molecule has 0 saturated heterocycles. The Morgan fingerprint density at radius 3 is 2.55 bits per heavy atom. The van der Waals surface area contributed by atoms with E-state index < -0.39 is 0 Å². The Kier molecular flexibility index (Phi) is 5.59. The second-order valence-corrected chi connectivity index (χ2v) is 6.45. The van der Waals surface area contributed by atoms with Crippen LogP contribution in [-0.2, 0) is 0 Å².